The molecule has 0 N–H and O–H groups in total. The van der Waals surface area contributed by atoms with E-state index in [-0.39, 0.29) is 18.0 Å². The fourth-order valence-electron chi connectivity index (χ4n) is 4.54. The van der Waals surface area contributed by atoms with Gasteiger partial charge >= 0.3 is 0 Å². The molecular weight excluding hydrogens is 463 g/mol. The van der Waals surface area contributed by atoms with E-state index >= 15 is 0 Å². The Morgan fingerprint density at radius 3 is 2.62 bits per heavy atom. The molecule has 0 unspecified atom stereocenters. The standard InChI is InChI=1S/C31H29FN4O/c1-22-6-8-26(18-25(22)11-10-24-4-3-5-30-28(24)19-33-21-34-30)31(37)17-23-7-9-27(29(32)16-23)20-36-14-12-35(2)13-15-36/h3-9,16,18-19,21H,12-15,17,20H2,1-2H3. The fourth-order valence-corrected chi connectivity index (χ4v) is 4.54. The van der Waals surface area contributed by atoms with E-state index in [1.54, 1.807) is 6.20 Å². The number of hydrogen-bond acceptors (Lipinski definition) is 5. The highest BCUT2D eigenvalue weighted by atomic mass is 19.1. The van der Waals surface area contributed by atoms with Crippen LogP contribution in [0.25, 0.3) is 10.9 Å². The van der Waals surface area contributed by atoms with Crippen molar-refractivity contribution in [3.05, 3.63) is 106 Å². The molecule has 1 aliphatic rings. The molecule has 0 amide bonds. The maximum Gasteiger partial charge on any atom is 0.167 e. The van der Waals surface area contributed by atoms with E-state index in [9.17, 15) is 9.18 Å². The number of carbonyl (C=O) groups is 1. The molecule has 0 bridgehead atoms. The van der Waals surface area contributed by atoms with E-state index in [1.807, 2.05) is 55.5 Å². The Morgan fingerprint density at radius 2 is 1.81 bits per heavy atom. The third-order valence-electron chi connectivity index (χ3n) is 6.91. The van der Waals surface area contributed by atoms with Crippen molar-refractivity contribution in [1.82, 2.24) is 19.8 Å². The third kappa shape index (κ3) is 5.91. The summed E-state index contributed by atoms with van der Waals surface area (Å²) >= 11 is 0. The lowest BCUT2D eigenvalue weighted by molar-refractivity contribution is 0.0993. The van der Waals surface area contributed by atoms with Crippen LogP contribution < -0.4 is 0 Å². The van der Waals surface area contributed by atoms with Gasteiger partial charge in [-0.2, -0.15) is 0 Å². The average Bonchev–Trinajstić information content (AvgIpc) is 2.91. The number of fused-ring (bicyclic) bond motifs is 1. The minimum atomic E-state index is -0.251. The molecule has 3 aromatic carbocycles. The summed E-state index contributed by atoms with van der Waals surface area (Å²) in [7, 11) is 2.10. The van der Waals surface area contributed by atoms with E-state index in [2.05, 4.69) is 38.7 Å². The van der Waals surface area contributed by atoms with Gasteiger partial charge in [-0.1, -0.05) is 42.2 Å². The predicted molar refractivity (Wildman–Crippen MR) is 144 cm³/mol. The molecule has 0 radical (unpaired) electrons. The quantitative estimate of drug-likeness (QED) is 0.300. The van der Waals surface area contributed by atoms with Crippen molar-refractivity contribution in [2.24, 2.45) is 0 Å². The monoisotopic (exact) mass is 492 g/mol. The Bertz CT molecular complexity index is 1510. The van der Waals surface area contributed by atoms with E-state index in [0.717, 1.165) is 53.8 Å². The number of aryl methyl sites for hydroxylation is 1. The molecule has 1 saturated heterocycles. The summed E-state index contributed by atoms with van der Waals surface area (Å²) in [6.45, 7) is 6.42. The lowest BCUT2D eigenvalue weighted by Crippen LogP contribution is -2.44. The van der Waals surface area contributed by atoms with Gasteiger partial charge in [0.05, 0.1) is 5.52 Å². The van der Waals surface area contributed by atoms with Crippen molar-refractivity contribution in [2.45, 2.75) is 19.9 Å². The average molecular weight is 493 g/mol. The van der Waals surface area contributed by atoms with Gasteiger partial charge in [-0.25, -0.2) is 14.4 Å². The SMILES string of the molecule is Cc1ccc(C(=O)Cc2ccc(CN3CCN(C)CC3)c(F)c2)cc1C#Cc1cccc2ncncc12. The van der Waals surface area contributed by atoms with Crippen LogP contribution >= 0.6 is 0 Å². The number of aromatic nitrogens is 2. The third-order valence-corrected chi connectivity index (χ3v) is 6.91. The topological polar surface area (TPSA) is 49.3 Å². The summed E-state index contributed by atoms with van der Waals surface area (Å²) in [5.74, 6) is 6.11. The fraction of sp³-hybridized carbons (Fsp3) is 0.258. The van der Waals surface area contributed by atoms with Crippen LogP contribution in [0.1, 0.15) is 38.2 Å². The van der Waals surface area contributed by atoms with E-state index in [4.69, 9.17) is 0 Å². The van der Waals surface area contributed by atoms with Gasteiger partial charge in [-0.15, -0.1) is 0 Å². The number of benzene rings is 3. The Hall–Kier alpha value is -3.92. The maximum absolute atomic E-state index is 14.8. The molecule has 37 heavy (non-hydrogen) atoms. The van der Waals surface area contributed by atoms with Gasteiger partial charge in [0.15, 0.2) is 5.78 Å². The highest BCUT2D eigenvalue weighted by molar-refractivity contribution is 5.98. The summed E-state index contributed by atoms with van der Waals surface area (Å²) in [5.41, 5.74) is 5.36. The van der Waals surface area contributed by atoms with Gasteiger partial charge in [0.2, 0.25) is 0 Å². The molecule has 6 heteroatoms. The van der Waals surface area contributed by atoms with Crippen LogP contribution in [-0.4, -0.2) is 58.8 Å². The largest absolute Gasteiger partial charge is 0.304 e. The number of rotatable bonds is 5. The van der Waals surface area contributed by atoms with Gasteiger partial charge in [0, 0.05) is 73.0 Å². The first-order valence-electron chi connectivity index (χ1n) is 12.5. The number of hydrogen-bond donors (Lipinski definition) is 0. The summed E-state index contributed by atoms with van der Waals surface area (Å²) in [6.07, 6.45) is 3.42. The Morgan fingerprint density at radius 1 is 1.00 bits per heavy atom. The lowest BCUT2D eigenvalue weighted by atomic mass is 9.98. The number of Topliss-reactive ketones (excluding diaryl/α,β-unsaturated/α-hetero) is 1. The molecule has 5 rings (SSSR count). The Kier molecular flexibility index (Phi) is 7.36. The Balaban J connectivity index is 1.30. The molecule has 0 atom stereocenters. The van der Waals surface area contributed by atoms with Crippen molar-refractivity contribution in [1.29, 1.82) is 0 Å². The molecule has 0 saturated carbocycles. The van der Waals surface area contributed by atoms with Gasteiger partial charge in [-0.05, 0) is 49.4 Å². The number of ketones is 1. The first-order valence-corrected chi connectivity index (χ1v) is 12.5. The molecule has 5 nitrogen and oxygen atoms in total. The molecule has 2 heterocycles. The minimum Gasteiger partial charge on any atom is -0.304 e. The molecule has 4 aromatic rings. The van der Waals surface area contributed by atoms with Crippen molar-refractivity contribution >= 4 is 16.7 Å². The zero-order valence-electron chi connectivity index (χ0n) is 21.2. The van der Waals surface area contributed by atoms with Crippen LogP contribution in [0.4, 0.5) is 4.39 Å². The molecule has 1 fully saturated rings. The van der Waals surface area contributed by atoms with Crippen LogP contribution in [0.2, 0.25) is 0 Å². The molecule has 0 spiro atoms. The second-order valence-corrected chi connectivity index (χ2v) is 9.65. The normalized spacial score (nSPS) is 14.4. The molecule has 1 aromatic heterocycles. The number of likely N-dealkylation sites (N-methyl/N-ethyl adjacent to an activating group) is 1. The highest BCUT2D eigenvalue weighted by Gasteiger charge is 2.16. The van der Waals surface area contributed by atoms with Crippen LogP contribution in [0.15, 0.2) is 67.1 Å². The second-order valence-electron chi connectivity index (χ2n) is 9.65. The smallest absolute Gasteiger partial charge is 0.167 e. The molecule has 0 aliphatic carbocycles. The second kappa shape index (κ2) is 11.0. The maximum atomic E-state index is 14.8. The summed E-state index contributed by atoms with van der Waals surface area (Å²) in [6, 6.07) is 16.5. The number of halogens is 1. The van der Waals surface area contributed by atoms with Crippen LogP contribution in [0.5, 0.6) is 0 Å². The first-order chi connectivity index (χ1) is 18.0. The number of carbonyl (C=O) groups excluding carboxylic acids is 1. The van der Waals surface area contributed by atoms with E-state index < -0.39 is 0 Å². The van der Waals surface area contributed by atoms with Crippen molar-refractivity contribution in [2.75, 3.05) is 33.2 Å². The summed E-state index contributed by atoms with van der Waals surface area (Å²) in [4.78, 5) is 26.0. The number of piperazine rings is 1. The van der Waals surface area contributed by atoms with Crippen LogP contribution in [0.3, 0.4) is 0 Å². The van der Waals surface area contributed by atoms with Crippen LogP contribution in [0, 0.1) is 24.6 Å². The van der Waals surface area contributed by atoms with Crippen LogP contribution in [-0.2, 0) is 13.0 Å². The zero-order valence-corrected chi connectivity index (χ0v) is 21.2. The molecule has 1 aliphatic heterocycles. The molecule has 186 valence electrons. The lowest BCUT2D eigenvalue weighted by Gasteiger charge is -2.32. The van der Waals surface area contributed by atoms with Gasteiger partial charge < -0.3 is 4.90 Å². The summed E-state index contributed by atoms with van der Waals surface area (Å²) in [5, 5.41) is 0.889. The van der Waals surface area contributed by atoms with Gasteiger partial charge in [0.25, 0.3) is 0 Å². The summed E-state index contributed by atoms with van der Waals surface area (Å²) < 4.78 is 14.8. The van der Waals surface area contributed by atoms with Gasteiger partial charge in [0.1, 0.15) is 12.1 Å². The first kappa shape index (κ1) is 24.8. The highest BCUT2D eigenvalue weighted by Crippen LogP contribution is 2.18. The Labute approximate surface area is 217 Å². The van der Waals surface area contributed by atoms with Crippen molar-refractivity contribution in [3.8, 4) is 11.8 Å². The molecular formula is C31H29FN4O. The zero-order chi connectivity index (χ0) is 25.8. The van der Waals surface area contributed by atoms with Crippen molar-refractivity contribution in [3.63, 3.8) is 0 Å². The predicted octanol–water partition coefficient (Wildman–Crippen LogP) is 4.65. The number of nitrogens with zero attached hydrogens (tertiary/aromatic N) is 4. The minimum absolute atomic E-state index is 0.0622. The van der Waals surface area contributed by atoms with E-state index in [0.29, 0.717) is 23.2 Å². The van der Waals surface area contributed by atoms with Crippen molar-refractivity contribution < 1.29 is 9.18 Å². The van der Waals surface area contributed by atoms with E-state index in [1.165, 1.54) is 12.4 Å². The van der Waals surface area contributed by atoms with Gasteiger partial charge in [-0.3, -0.25) is 9.69 Å².